The van der Waals surface area contributed by atoms with Gasteiger partial charge in [-0.25, -0.2) is 0 Å². The smallest absolute Gasteiger partial charge is 0.0217 e. The zero-order valence-electron chi connectivity index (χ0n) is 31.7. The number of fused-ring (bicyclic) bond motifs is 7. The van der Waals surface area contributed by atoms with Gasteiger partial charge in [0, 0.05) is 11.8 Å². The first-order chi connectivity index (χ1) is 27.1. The number of hydrogen-bond donors (Lipinski definition) is 0. The van der Waals surface area contributed by atoms with Gasteiger partial charge in [-0.15, -0.1) is 0 Å². The molecule has 0 heterocycles. The molecule has 4 aromatic carbocycles. The number of benzene rings is 4. The second-order valence-corrected chi connectivity index (χ2v) is 16.5. The van der Waals surface area contributed by atoms with Crippen LogP contribution in [0.2, 0.25) is 0 Å². The van der Waals surface area contributed by atoms with E-state index in [1.54, 1.807) is 0 Å². The van der Waals surface area contributed by atoms with E-state index in [-0.39, 0.29) is 17.3 Å². The average Bonchev–Trinajstić information content (AvgIpc) is 4.03. The second kappa shape index (κ2) is 14.2. The summed E-state index contributed by atoms with van der Waals surface area (Å²) in [6.45, 7) is 2.60. The van der Waals surface area contributed by atoms with Crippen LogP contribution >= 0.6 is 0 Å². The van der Waals surface area contributed by atoms with Crippen LogP contribution in [-0.2, 0) is 0 Å². The van der Waals surface area contributed by atoms with E-state index in [2.05, 4.69) is 201 Å². The van der Waals surface area contributed by atoms with Crippen molar-refractivity contribution >= 4 is 22.3 Å². The summed E-state index contributed by atoms with van der Waals surface area (Å²) in [5, 5.41) is 0. The monoisotopic (exact) mass is 708 g/mol. The molecule has 6 unspecified atom stereocenters. The molecule has 0 heteroatoms. The van der Waals surface area contributed by atoms with E-state index in [1.165, 1.54) is 79.7 Å². The zero-order valence-corrected chi connectivity index (χ0v) is 31.7. The van der Waals surface area contributed by atoms with Crippen molar-refractivity contribution in [3.63, 3.8) is 0 Å². The van der Waals surface area contributed by atoms with Crippen molar-refractivity contribution in [1.29, 1.82) is 0 Å². The highest BCUT2D eigenvalue weighted by atomic mass is 14.6. The van der Waals surface area contributed by atoms with Crippen molar-refractivity contribution in [2.45, 2.75) is 44.4 Å². The minimum atomic E-state index is 0.162. The predicted molar refractivity (Wildman–Crippen MR) is 233 cm³/mol. The fraction of sp³-hybridized carbons (Fsp3) is 0.200. The first kappa shape index (κ1) is 33.8. The van der Waals surface area contributed by atoms with E-state index in [4.69, 9.17) is 0 Å². The van der Waals surface area contributed by atoms with Gasteiger partial charge >= 0.3 is 0 Å². The molecule has 10 rings (SSSR count). The summed E-state index contributed by atoms with van der Waals surface area (Å²) in [6, 6.07) is 40.4. The maximum absolute atomic E-state index is 2.60. The Morgan fingerprint density at radius 1 is 0.582 bits per heavy atom. The molecule has 0 aliphatic heterocycles. The standard InChI is InChI=1S/C55H48/c1-55-37-54(55)52(39-19-6-3-7-20-39)35-40(38-17-4-2-5-18-38)23-16-32-53(55)45-26-14-24-42(34-45)46-27-10-11-28-47(46)44-25-15-31-50-49-30-13-12-29-48(49)41-21-8-9-22-43(33-41)51(50)36-44/h2-15,17-31,33,35-36,41,44-45,53-54H,16,32,34,37H2,1H3. The van der Waals surface area contributed by atoms with Crippen LogP contribution in [0.4, 0.5) is 0 Å². The Morgan fingerprint density at radius 3 is 2.07 bits per heavy atom. The van der Waals surface area contributed by atoms with Crippen molar-refractivity contribution < 1.29 is 0 Å². The largest absolute Gasteiger partial charge is 0.0808 e. The topological polar surface area (TPSA) is 0 Å². The molecule has 6 aliphatic rings. The fourth-order valence-electron chi connectivity index (χ4n) is 10.5. The fourth-order valence-corrected chi connectivity index (χ4v) is 10.5. The molecule has 0 saturated heterocycles. The second-order valence-electron chi connectivity index (χ2n) is 16.5. The Balaban J connectivity index is 0.979. The number of hydrogen-bond acceptors (Lipinski definition) is 0. The summed E-state index contributed by atoms with van der Waals surface area (Å²) < 4.78 is 0. The molecule has 55 heavy (non-hydrogen) atoms. The zero-order chi connectivity index (χ0) is 36.8. The molecule has 2 bridgehead atoms. The lowest BCUT2D eigenvalue weighted by molar-refractivity contribution is 0.234. The molecule has 0 amide bonds. The third-order valence-corrected chi connectivity index (χ3v) is 13.4. The highest BCUT2D eigenvalue weighted by Crippen LogP contribution is 2.67. The van der Waals surface area contributed by atoms with E-state index in [9.17, 15) is 0 Å². The van der Waals surface area contributed by atoms with Crippen molar-refractivity contribution in [2.75, 3.05) is 0 Å². The van der Waals surface area contributed by atoms with Gasteiger partial charge < -0.3 is 0 Å². The van der Waals surface area contributed by atoms with Crippen LogP contribution in [0.5, 0.6) is 0 Å². The quantitative estimate of drug-likeness (QED) is 0.194. The van der Waals surface area contributed by atoms with Gasteiger partial charge in [0.15, 0.2) is 0 Å². The van der Waals surface area contributed by atoms with E-state index >= 15 is 0 Å². The molecule has 268 valence electrons. The van der Waals surface area contributed by atoms with Gasteiger partial charge in [0.2, 0.25) is 0 Å². The normalized spacial score (nSPS) is 27.7. The molecule has 0 N–H and O–H groups in total. The third kappa shape index (κ3) is 6.28. The molecule has 0 radical (unpaired) electrons. The molecule has 6 aliphatic carbocycles. The maximum Gasteiger partial charge on any atom is 0.0217 e. The Labute approximate surface area is 327 Å². The van der Waals surface area contributed by atoms with Gasteiger partial charge in [-0.3, -0.25) is 0 Å². The van der Waals surface area contributed by atoms with Gasteiger partial charge in [-0.05, 0) is 116 Å². The van der Waals surface area contributed by atoms with Gasteiger partial charge in [0.25, 0.3) is 0 Å². The van der Waals surface area contributed by atoms with Crippen molar-refractivity contribution in [1.82, 2.24) is 0 Å². The Morgan fingerprint density at radius 2 is 1.25 bits per heavy atom. The minimum absolute atomic E-state index is 0.162. The molecule has 0 nitrogen and oxygen atoms in total. The Kier molecular flexibility index (Phi) is 8.71. The molecule has 4 aromatic rings. The van der Waals surface area contributed by atoms with Crippen LogP contribution in [0, 0.1) is 23.2 Å². The van der Waals surface area contributed by atoms with Crippen LogP contribution in [-0.4, -0.2) is 0 Å². The lowest BCUT2D eigenvalue weighted by Crippen LogP contribution is -2.25. The molecule has 6 atom stereocenters. The summed E-state index contributed by atoms with van der Waals surface area (Å²) in [5.41, 5.74) is 16.7. The van der Waals surface area contributed by atoms with Crippen LogP contribution < -0.4 is 0 Å². The molecule has 1 saturated carbocycles. The third-order valence-electron chi connectivity index (χ3n) is 13.4. The number of rotatable bonds is 5. The van der Waals surface area contributed by atoms with Gasteiger partial charge in [0.1, 0.15) is 0 Å². The van der Waals surface area contributed by atoms with E-state index in [0.29, 0.717) is 17.8 Å². The van der Waals surface area contributed by atoms with Crippen LogP contribution in [0.15, 0.2) is 205 Å². The summed E-state index contributed by atoms with van der Waals surface area (Å²) in [7, 11) is 0. The SMILES string of the molecule is CC12CC1C(c1ccccc1)=CC(c1ccccc1)=CCCC2C1C=CC=C(c2ccccc2C2C=CC=C3C(=C2)C2=CC(C=CC=C2)c2ccccc23)C1. The van der Waals surface area contributed by atoms with E-state index < -0.39 is 0 Å². The lowest BCUT2D eigenvalue weighted by Gasteiger charge is -2.34. The predicted octanol–water partition coefficient (Wildman–Crippen LogP) is 14.1. The van der Waals surface area contributed by atoms with Crippen molar-refractivity contribution in [2.24, 2.45) is 23.2 Å². The molecular formula is C55H48. The lowest BCUT2D eigenvalue weighted by atomic mass is 9.70. The van der Waals surface area contributed by atoms with E-state index in [0.717, 1.165) is 12.8 Å². The van der Waals surface area contributed by atoms with Crippen molar-refractivity contribution in [3.05, 3.63) is 239 Å². The van der Waals surface area contributed by atoms with Crippen LogP contribution in [0.25, 0.3) is 22.3 Å². The van der Waals surface area contributed by atoms with Crippen LogP contribution in [0.1, 0.15) is 77.8 Å². The highest BCUT2D eigenvalue weighted by Gasteiger charge is 2.57. The van der Waals surface area contributed by atoms with E-state index in [1.807, 2.05) is 0 Å². The highest BCUT2D eigenvalue weighted by molar-refractivity contribution is 5.90. The summed E-state index contributed by atoms with van der Waals surface area (Å²) >= 11 is 0. The van der Waals surface area contributed by atoms with Gasteiger partial charge in [0.05, 0.1) is 0 Å². The number of allylic oxidation sites excluding steroid dienone is 20. The first-order valence-electron chi connectivity index (χ1n) is 20.4. The summed E-state index contributed by atoms with van der Waals surface area (Å²) in [4.78, 5) is 0. The van der Waals surface area contributed by atoms with Crippen molar-refractivity contribution in [3.8, 4) is 0 Å². The molecule has 0 spiro atoms. The van der Waals surface area contributed by atoms with Gasteiger partial charge in [-0.2, -0.15) is 0 Å². The summed E-state index contributed by atoms with van der Waals surface area (Å²) in [5.74, 6) is 2.07. The first-order valence-corrected chi connectivity index (χ1v) is 20.4. The summed E-state index contributed by atoms with van der Waals surface area (Å²) in [6.07, 6.45) is 38.1. The Hall–Kier alpha value is -5.72. The minimum Gasteiger partial charge on any atom is -0.0808 e. The molecule has 0 aromatic heterocycles. The van der Waals surface area contributed by atoms with Crippen LogP contribution in [0.3, 0.4) is 0 Å². The molecular weight excluding hydrogens is 661 g/mol. The maximum atomic E-state index is 2.60. The average molecular weight is 709 g/mol. The van der Waals surface area contributed by atoms with Gasteiger partial charge in [-0.1, -0.05) is 201 Å². The molecule has 1 fully saturated rings. The Bertz CT molecular complexity index is 2450.